The number of hydrogen-bond donors (Lipinski definition) is 1. The first-order chi connectivity index (χ1) is 12.8. The van der Waals surface area contributed by atoms with Crippen LogP contribution < -0.4 is 4.13 Å². The van der Waals surface area contributed by atoms with Gasteiger partial charge in [-0.2, -0.15) is 25.9 Å². The fourth-order valence-electron chi connectivity index (χ4n) is 2.92. The zero-order chi connectivity index (χ0) is 22.0. The van der Waals surface area contributed by atoms with Crippen molar-refractivity contribution in [3.8, 4) is 0 Å². The Hall–Kier alpha value is -0.390. The summed E-state index contributed by atoms with van der Waals surface area (Å²) in [6, 6.07) is 0. The first kappa shape index (κ1) is 27.6. The standard InChI is InChI=1S/C17H35F3N2O4S2/c1-5-9-11-15(7-3)13-22(14-16(8-4)12-10-6-2)28(25,26)21-27(23,24)17(18,19)20/h15-16,21H,5-14H2,1-4H3. The number of unbranched alkanes of at least 4 members (excludes halogenated alkanes) is 2. The molecule has 0 rings (SSSR count). The maximum absolute atomic E-state index is 12.7. The molecule has 0 fully saturated rings. The first-order valence-corrected chi connectivity index (χ1v) is 12.9. The van der Waals surface area contributed by atoms with Crippen molar-refractivity contribution in [1.82, 2.24) is 8.43 Å². The smallest absolute Gasteiger partial charge is 0.202 e. The lowest BCUT2D eigenvalue weighted by Crippen LogP contribution is -2.50. The van der Waals surface area contributed by atoms with Gasteiger partial charge in [0.1, 0.15) is 0 Å². The molecule has 2 unspecified atom stereocenters. The van der Waals surface area contributed by atoms with Gasteiger partial charge in [-0.15, -0.1) is 0 Å². The second kappa shape index (κ2) is 12.3. The SMILES string of the molecule is CCCCC(CC)CN(CC(CC)CCCC)S(=O)(=O)NS(=O)(=O)C(F)(F)F. The van der Waals surface area contributed by atoms with Gasteiger partial charge in [0.15, 0.2) is 0 Å². The molecule has 2 atom stereocenters. The van der Waals surface area contributed by atoms with Crippen molar-refractivity contribution in [3.05, 3.63) is 0 Å². The number of rotatable bonds is 15. The molecule has 0 heterocycles. The molecule has 11 heteroatoms. The fraction of sp³-hybridized carbons (Fsp3) is 1.00. The second-order valence-electron chi connectivity index (χ2n) is 7.19. The van der Waals surface area contributed by atoms with Crippen molar-refractivity contribution in [2.24, 2.45) is 11.8 Å². The molecule has 0 aliphatic rings. The predicted octanol–water partition coefficient (Wildman–Crippen LogP) is 4.41. The topological polar surface area (TPSA) is 83.6 Å². The van der Waals surface area contributed by atoms with Crippen molar-refractivity contribution in [1.29, 1.82) is 0 Å². The fourth-order valence-corrected chi connectivity index (χ4v) is 5.64. The number of nitrogens with zero attached hydrogens (tertiary/aromatic N) is 1. The van der Waals surface area contributed by atoms with Crippen molar-refractivity contribution in [3.63, 3.8) is 0 Å². The van der Waals surface area contributed by atoms with E-state index in [-0.39, 0.29) is 24.9 Å². The third kappa shape index (κ3) is 9.41. The molecule has 0 radical (unpaired) electrons. The summed E-state index contributed by atoms with van der Waals surface area (Å²) in [5.41, 5.74) is -5.69. The van der Waals surface area contributed by atoms with E-state index in [1.165, 1.54) is 0 Å². The van der Waals surface area contributed by atoms with E-state index < -0.39 is 25.7 Å². The summed E-state index contributed by atoms with van der Waals surface area (Å²) in [5, 5.41) is 0. The van der Waals surface area contributed by atoms with Gasteiger partial charge in [-0.1, -0.05) is 70.3 Å². The van der Waals surface area contributed by atoms with Crippen molar-refractivity contribution >= 4 is 20.2 Å². The van der Waals surface area contributed by atoms with Crippen LogP contribution in [0.25, 0.3) is 0 Å². The van der Waals surface area contributed by atoms with Crippen LogP contribution in [0, 0.1) is 11.8 Å². The summed E-state index contributed by atoms with van der Waals surface area (Å²) in [4.78, 5) is 0. The number of hydrogen-bond acceptors (Lipinski definition) is 4. The largest absolute Gasteiger partial charge is 0.512 e. The normalized spacial score (nSPS) is 15.7. The van der Waals surface area contributed by atoms with E-state index >= 15 is 0 Å². The van der Waals surface area contributed by atoms with Gasteiger partial charge in [0.25, 0.3) is 10.2 Å². The Bertz CT molecular complexity index is 619. The molecule has 28 heavy (non-hydrogen) atoms. The number of halogens is 3. The third-order valence-corrected chi connectivity index (χ3v) is 8.18. The number of nitrogens with one attached hydrogen (secondary N) is 1. The average molecular weight is 453 g/mol. The quantitative estimate of drug-likeness (QED) is 0.399. The molecule has 0 aromatic rings. The predicted molar refractivity (Wildman–Crippen MR) is 105 cm³/mol. The molecule has 0 aliphatic carbocycles. The Balaban J connectivity index is 5.66. The molecular formula is C17H35F3N2O4S2. The van der Waals surface area contributed by atoms with Crippen molar-refractivity contribution in [2.75, 3.05) is 13.1 Å². The second-order valence-corrected chi connectivity index (χ2v) is 10.8. The Kier molecular flexibility index (Phi) is 12.2. The first-order valence-electron chi connectivity index (χ1n) is 9.94. The number of alkyl halides is 3. The third-order valence-electron chi connectivity index (χ3n) is 4.87. The van der Waals surface area contributed by atoms with Crippen LogP contribution in [-0.2, 0) is 20.2 Å². The molecule has 1 N–H and O–H groups in total. The molecule has 0 aromatic carbocycles. The highest BCUT2D eigenvalue weighted by Gasteiger charge is 2.49. The molecule has 0 aliphatic heterocycles. The lowest BCUT2D eigenvalue weighted by molar-refractivity contribution is -0.0441. The maximum atomic E-state index is 12.7. The minimum absolute atomic E-state index is 0.00182. The summed E-state index contributed by atoms with van der Waals surface area (Å²) in [6.45, 7) is 7.77. The van der Waals surface area contributed by atoms with Crippen molar-refractivity contribution < 1.29 is 30.0 Å². The van der Waals surface area contributed by atoms with Crippen molar-refractivity contribution in [2.45, 2.75) is 84.6 Å². The number of sulfonamides is 1. The van der Waals surface area contributed by atoms with E-state index in [1.54, 1.807) is 0 Å². The van der Waals surface area contributed by atoms with E-state index in [0.717, 1.165) is 47.0 Å². The molecule has 0 aromatic heterocycles. The molecule has 170 valence electrons. The van der Waals surface area contributed by atoms with Crippen LogP contribution in [0.4, 0.5) is 13.2 Å². The van der Waals surface area contributed by atoms with Gasteiger partial charge in [-0.3, -0.25) is 0 Å². The van der Waals surface area contributed by atoms with E-state index in [0.29, 0.717) is 12.8 Å². The molecule has 6 nitrogen and oxygen atoms in total. The molecule has 0 amide bonds. The van der Waals surface area contributed by atoms with Crippen LogP contribution in [0.1, 0.15) is 79.1 Å². The van der Waals surface area contributed by atoms with Crippen LogP contribution in [0.2, 0.25) is 0 Å². The van der Waals surface area contributed by atoms with Crippen LogP contribution in [0.15, 0.2) is 0 Å². The highest BCUT2D eigenvalue weighted by atomic mass is 32.3. The molecule has 0 saturated carbocycles. The minimum atomic E-state index is -6.00. The summed E-state index contributed by atoms with van der Waals surface area (Å²) < 4.78 is 87.8. The summed E-state index contributed by atoms with van der Waals surface area (Å²) >= 11 is 0. The van der Waals surface area contributed by atoms with E-state index in [2.05, 4.69) is 0 Å². The van der Waals surface area contributed by atoms with Gasteiger partial charge < -0.3 is 0 Å². The average Bonchev–Trinajstić information content (AvgIpc) is 2.58. The molecular weight excluding hydrogens is 417 g/mol. The molecule has 0 saturated heterocycles. The van der Waals surface area contributed by atoms with Gasteiger partial charge in [-0.05, 0) is 24.7 Å². The Morgan fingerprint density at radius 3 is 1.50 bits per heavy atom. The zero-order valence-electron chi connectivity index (χ0n) is 17.3. The Morgan fingerprint density at radius 1 is 0.821 bits per heavy atom. The van der Waals surface area contributed by atoms with Crippen LogP contribution in [-0.4, -0.2) is 39.7 Å². The monoisotopic (exact) mass is 452 g/mol. The van der Waals surface area contributed by atoms with Crippen LogP contribution in [0.5, 0.6) is 0 Å². The van der Waals surface area contributed by atoms with Crippen LogP contribution in [0.3, 0.4) is 0 Å². The molecule has 0 spiro atoms. The van der Waals surface area contributed by atoms with E-state index in [1.807, 2.05) is 27.7 Å². The minimum Gasteiger partial charge on any atom is -0.202 e. The maximum Gasteiger partial charge on any atom is 0.512 e. The van der Waals surface area contributed by atoms with Crippen LogP contribution >= 0.6 is 0 Å². The van der Waals surface area contributed by atoms with Gasteiger partial charge in [-0.25, -0.2) is 8.42 Å². The highest BCUT2D eigenvalue weighted by molar-refractivity contribution is 8.04. The summed E-state index contributed by atoms with van der Waals surface area (Å²) in [5.74, 6) is -0.0948. The summed E-state index contributed by atoms with van der Waals surface area (Å²) in [7, 11) is -10.8. The Morgan fingerprint density at radius 2 is 1.21 bits per heavy atom. The van der Waals surface area contributed by atoms with E-state index in [4.69, 9.17) is 0 Å². The lowest BCUT2D eigenvalue weighted by atomic mass is 9.97. The highest BCUT2D eigenvalue weighted by Crippen LogP contribution is 2.25. The van der Waals surface area contributed by atoms with Gasteiger partial charge in [0, 0.05) is 13.1 Å². The Labute approximate surface area is 168 Å². The van der Waals surface area contributed by atoms with Gasteiger partial charge >= 0.3 is 15.5 Å². The zero-order valence-corrected chi connectivity index (χ0v) is 18.9. The van der Waals surface area contributed by atoms with Gasteiger partial charge in [0.05, 0.1) is 0 Å². The molecule has 0 bridgehead atoms. The summed E-state index contributed by atoms with van der Waals surface area (Å²) in [6.07, 6.45) is 6.35. The van der Waals surface area contributed by atoms with Gasteiger partial charge in [0.2, 0.25) is 0 Å². The van der Waals surface area contributed by atoms with E-state index in [9.17, 15) is 30.0 Å². The lowest BCUT2D eigenvalue weighted by Gasteiger charge is -2.29.